The van der Waals surface area contributed by atoms with Gasteiger partial charge in [-0.1, -0.05) is 24.3 Å². The molecule has 6 heteroatoms. The number of hydrogen-bond acceptors (Lipinski definition) is 2. The first-order valence-electron chi connectivity index (χ1n) is 9.02. The van der Waals surface area contributed by atoms with Gasteiger partial charge in [0.15, 0.2) is 0 Å². The largest absolute Gasteiger partial charge is 0.352 e. The number of benzene rings is 2. The molecule has 4 nitrogen and oxygen atoms in total. The lowest BCUT2D eigenvalue weighted by atomic mass is 9.95. The zero-order valence-electron chi connectivity index (χ0n) is 15.2. The number of aryl methyl sites for hydroxylation is 1. The van der Waals surface area contributed by atoms with Crippen LogP contribution in [0.1, 0.15) is 34.3 Å². The molecule has 2 amide bonds. The first-order chi connectivity index (χ1) is 13.0. The van der Waals surface area contributed by atoms with E-state index in [9.17, 15) is 18.4 Å². The molecule has 142 valence electrons. The van der Waals surface area contributed by atoms with Crippen LogP contribution in [-0.4, -0.2) is 29.8 Å². The Kier molecular flexibility index (Phi) is 5.84. The van der Waals surface area contributed by atoms with Gasteiger partial charge in [0.05, 0.1) is 5.56 Å². The third-order valence-electron chi connectivity index (χ3n) is 5.03. The van der Waals surface area contributed by atoms with Crippen LogP contribution >= 0.6 is 0 Å². The Morgan fingerprint density at radius 1 is 1.11 bits per heavy atom. The Balaban J connectivity index is 1.53. The molecule has 1 aliphatic heterocycles. The SMILES string of the molecule is Cc1ccccc1CNC(=O)C1CCN(C(=O)c2ccc(F)cc2F)CC1. The molecular formula is C21H22F2N2O2. The normalized spacial score (nSPS) is 14.9. The van der Waals surface area contributed by atoms with Gasteiger partial charge in [0.25, 0.3) is 5.91 Å². The fourth-order valence-corrected chi connectivity index (χ4v) is 3.31. The Morgan fingerprint density at radius 2 is 1.81 bits per heavy atom. The van der Waals surface area contributed by atoms with E-state index in [1.54, 1.807) is 0 Å². The van der Waals surface area contributed by atoms with Gasteiger partial charge in [0, 0.05) is 31.6 Å². The van der Waals surface area contributed by atoms with Crippen molar-refractivity contribution in [2.24, 2.45) is 5.92 Å². The molecule has 1 N–H and O–H groups in total. The van der Waals surface area contributed by atoms with Crippen molar-refractivity contribution in [3.8, 4) is 0 Å². The summed E-state index contributed by atoms with van der Waals surface area (Å²) in [4.78, 5) is 26.3. The van der Waals surface area contributed by atoms with Crippen LogP contribution in [0.2, 0.25) is 0 Å². The van der Waals surface area contributed by atoms with Crippen molar-refractivity contribution in [2.45, 2.75) is 26.3 Å². The number of nitrogens with zero attached hydrogens (tertiary/aromatic N) is 1. The highest BCUT2D eigenvalue weighted by Crippen LogP contribution is 2.21. The molecule has 1 heterocycles. The third-order valence-corrected chi connectivity index (χ3v) is 5.03. The topological polar surface area (TPSA) is 49.4 Å². The minimum absolute atomic E-state index is 0.0293. The van der Waals surface area contributed by atoms with Crippen LogP contribution in [-0.2, 0) is 11.3 Å². The van der Waals surface area contributed by atoms with Crippen molar-refractivity contribution in [1.82, 2.24) is 10.2 Å². The molecule has 1 aliphatic rings. The molecule has 0 saturated carbocycles. The smallest absolute Gasteiger partial charge is 0.256 e. The van der Waals surface area contributed by atoms with E-state index in [-0.39, 0.29) is 17.4 Å². The molecule has 1 saturated heterocycles. The quantitative estimate of drug-likeness (QED) is 0.894. The molecule has 0 aliphatic carbocycles. The highest BCUT2D eigenvalue weighted by molar-refractivity contribution is 5.94. The summed E-state index contributed by atoms with van der Waals surface area (Å²) in [5.74, 6) is -2.24. The van der Waals surface area contributed by atoms with Gasteiger partial charge in [-0.2, -0.15) is 0 Å². The lowest BCUT2D eigenvalue weighted by molar-refractivity contribution is -0.126. The van der Waals surface area contributed by atoms with Crippen LogP contribution in [0.3, 0.4) is 0 Å². The molecule has 0 unspecified atom stereocenters. The number of carbonyl (C=O) groups is 2. The van der Waals surface area contributed by atoms with E-state index in [4.69, 9.17) is 0 Å². The lowest BCUT2D eigenvalue weighted by Gasteiger charge is -2.31. The molecule has 0 bridgehead atoms. The van der Waals surface area contributed by atoms with E-state index in [2.05, 4.69) is 5.32 Å². The van der Waals surface area contributed by atoms with E-state index < -0.39 is 17.5 Å². The molecule has 0 atom stereocenters. The van der Waals surface area contributed by atoms with Gasteiger partial charge in [-0.3, -0.25) is 9.59 Å². The number of hydrogen-bond donors (Lipinski definition) is 1. The maximum Gasteiger partial charge on any atom is 0.256 e. The van der Waals surface area contributed by atoms with Crippen LogP contribution in [0.4, 0.5) is 8.78 Å². The maximum atomic E-state index is 13.8. The molecule has 0 radical (unpaired) electrons. The zero-order chi connectivity index (χ0) is 19.4. The van der Waals surface area contributed by atoms with Crippen molar-refractivity contribution in [3.05, 3.63) is 70.8 Å². The van der Waals surface area contributed by atoms with Crippen molar-refractivity contribution >= 4 is 11.8 Å². The standard InChI is InChI=1S/C21H22F2N2O2/c1-14-4-2-3-5-16(14)13-24-20(26)15-8-10-25(11-9-15)21(27)18-7-6-17(22)12-19(18)23/h2-7,12,15H,8-11,13H2,1H3,(H,24,26). The van der Waals surface area contributed by atoms with Crippen LogP contribution in [0.5, 0.6) is 0 Å². The van der Waals surface area contributed by atoms with Gasteiger partial charge in [-0.25, -0.2) is 8.78 Å². The fourth-order valence-electron chi connectivity index (χ4n) is 3.31. The van der Waals surface area contributed by atoms with Gasteiger partial charge in [0.1, 0.15) is 11.6 Å². The molecule has 0 spiro atoms. The summed E-state index contributed by atoms with van der Waals surface area (Å²) in [5.41, 5.74) is 2.06. The molecule has 0 aromatic heterocycles. The summed E-state index contributed by atoms with van der Waals surface area (Å²) in [6.07, 6.45) is 1.04. The number of carbonyl (C=O) groups excluding carboxylic acids is 2. The summed E-state index contributed by atoms with van der Waals surface area (Å²) in [5, 5.41) is 2.96. The second-order valence-corrected chi connectivity index (χ2v) is 6.83. The van der Waals surface area contributed by atoms with Crippen molar-refractivity contribution in [2.75, 3.05) is 13.1 Å². The van der Waals surface area contributed by atoms with Crippen molar-refractivity contribution in [3.63, 3.8) is 0 Å². The third kappa shape index (κ3) is 4.51. The van der Waals surface area contributed by atoms with Gasteiger partial charge in [-0.05, 0) is 43.0 Å². The van der Waals surface area contributed by atoms with Gasteiger partial charge in [-0.15, -0.1) is 0 Å². The number of rotatable bonds is 4. The molecular weight excluding hydrogens is 350 g/mol. The van der Waals surface area contributed by atoms with E-state index in [1.165, 1.54) is 4.90 Å². The summed E-state index contributed by atoms with van der Waals surface area (Å²) in [7, 11) is 0. The molecule has 27 heavy (non-hydrogen) atoms. The first-order valence-corrected chi connectivity index (χ1v) is 9.02. The van der Waals surface area contributed by atoms with E-state index in [0.717, 1.165) is 23.3 Å². The van der Waals surface area contributed by atoms with E-state index >= 15 is 0 Å². The predicted molar refractivity (Wildman–Crippen MR) is 98.0 cm³/mol. The summed E-state index contributed by atoms with van der Waals surface area (Å²) >= 11 is 0. The Labute approximate surface area is 157 Å². The predicted octanol–water partition coefficient (Wildman–Crippen LogP) is 3.44. The Hall–Kier alpha value is -2.76. The number of likely N-dealkylation sites (tertiary alicyclic amines) is 1. The number of nitrogens with one attached hydrogen (secondary N) is 1. The zero-order valence-corrected chi connectivity index (χ0v) is 15.2. The number of amides is 2. The van der Waals surface area contributed by atoms with Crippen LogP contribution < -0.4 is 5.32 Å². The number of halogens is 2. The maximum absolute atomic E-state index is 13.8. The van der Waals surface area contributed by atoms with Crippen molar-refractivity contribution in [1.29, 1.82) is 0 Å². The van der Waals surface area contributed by atoms with Crippen LogP contribution in [0.25, 0.3) is 0 Å². The summed E-state index contributed by atoms with van der Waals surface area (Å²) < 4.78 is 26.8. The van der Waals surface area contributed by atoms with E-state index in [0.29, 0.717) is 38.5 Å². The molecule has 2 aromatic carbocycles. The van der Waals surface area contributed by atoms with Gasteiger partial charge in [0.2, 0.25) is 5.91 Å². The van der Waals surface area contributed by atoms with Gasteiger partial charge < -0.3 is 10.2 Å². The lowest BCUT2D eigenvalue weighted by Crippen LogP contribution is -2.43. The first kappa shape index (κ1) is 19.0. The highest BCUT2D eigenvalue weighted by Gasteiger charge is 2.28. The van der Waals surface area contributed by atoms with Crippen LogP contribution in [0, 0.1) is 24.5 Å². The summed E-state index contributed by atoms with van der Waals surface area (Å²) in [6.45, 7) is 3.22. The average molecular weight is 372 g/mol. The van der Waals surface area contributed by atoms with E-state index in [1.807, 2.05) is 31.2 Å². The minimum atomic E-state index is -0.863. The summed E-state index contributed by atoms with van der Waals surface area (Å²) in [6, 6.07) is 10.8. The molecule has 2 aromatic rings. The Morgan fingerprint density at radius 3 is 2.48 bits per heavy atom. The number of piperidine rings is 1. The second kappa shape index (κ2) is 8.29. The van der Waals surface area contributed by atoms with Crippen molar-refractivity contribution < 1.29 is 18.4 Å². The average Bonchev–Trinajstić information content (AvgIpc) is 2.67. The molecule has 1 fully saturated rings. The minimum Gasteiger partial charge on any atom is -0.352 e. The van der Waals surface area contributed by atoms with Crippen LogP contribution in [0.15, 0.2) is 42.5 Å². The Bertz CT molecular complexity index is 846. The second-order valence-electron chi connectivity index (χ2n) is 6.83. The van der Waals surface area contributed by atoms with Gasteiger partial charge >= 0.3 is 0 Å². The monoisotopic (exact) mass is 372 g/mol. The highest BCUT2D eigenvalue weighted by atomic mass is 19.1. The fraction of sp³-hybridized carbons (Fsp3) is 0.333. The molecule has 3 rings (SSSR count).